The summed E-state index contributed by atoms with van der Waals surface area (Å²) in [6.07, 6.45) is 0. The highest BCUT2D eigenvalue weighted by Crippen LogP contribution is 2.39. The summed E-state index contributed by atoms with van der Waals surface area (Å²) in [7, 11) is -4.20. The van der Waals surface area contributed by atoms with Crippen LogP contribution in [0.4, 0.5) is 0 Å². The van der Waals surface area contributed by atoms with Crippen molar-refractivity contribution in [3.05, 3.63) is 26.9 Å². The lowest BCUT2D eigenvalue weighted by Crippen LogP contribution is -1.96. The van der Waals surface area contributed by atoms with Crippen LogP contribution < -0.4 is 0 Å². The first-order valence-electron chi connectivity index (χ1n) is 3.74. The number of halogens is 2. The fraction of sp³-hybridized carbons (Fsp3) is 0. The zero-order valence-corrected chi connectivity index (χ0v) is 10.2. The molecule has 3 nitrogen and oxygen atoms in total. The van der Waals surface area contributed by atoms with Gasteiger partial charge in [-0.15, -0.1) is 11.3 Å². The minimum absolute atomic E-state index is 0.189. The van der Waals surface area contributed by atoms with Gasteiger partial charge in [-0.2, -0.15) is 8.42 Å². The molecule has 7 heteroatoms. The molecule has 2 rings (SSSR count). The van der Waals surface area contributed by atoms with Gasteiger partial charge >= 0.3 is 0 Å². The van der Waals surface area contributed by atoms with Crippen molar-refractivity contribution in [3.63, 3.8) is 0 Å². The maximum atomic E-state index is 10.9. The number of hydrogen-bond donors (Lipinski definition) is 1. The van der Waals surface area contributed by atoms with Gasteiger partial charge in [-0.25, -0.2) is 0 Å². The summed E-state index contributed by atoms with van der Waals surface area (Å²) in [5.74, 6) is 0. The molecule has 1 N–H and O–H groups in total. The van der Waals surface area contributed by atoms with Gasteiger partial charge in [0.25, 0.3) is 10.1 Å². The highest BCUT2D eigenvalue weighted by atomic mass is 35.5. The Labute approximate surface area is 100.0 Å². The third-order valence-electron chi connectivity index (χ3n) is 1.89. The van der Waals surface area contributed by atoms with E-state index >= 15 is 0 Å². The van der Waals surface area contributed by atoms with E-state index < -0.39 is 10.1 Å². The van der Waals surface area contributed by atoms with E-state index in [0.717, 1.165) is 11.3 Å². The van der Waals surface area contributed by atoms with Gasteiger partial charge < -0.3 is 0 Å². The van der Waals surface area contributed by atoms with E-state index in [1.807, 2.05) is 0 Å². The van der Waals surface area contributed by atoms with Gasteiger partial charge in [-0.3, -0.25) is 4.55 Å². The largest absolute Gasteiger partial charge is 0.294 e. The van der Waals surface area contributed by atoms with Crippen molar-refractivity contribution in [3.8, 4) is 0 Å². The molecule has 1 heterocycles. The molecule has 0 fully saturated rings. The van der Waals surface area contributed by atoms with E-state index in [4.69, 9.17) is 27.8 Å². The summed E-state index contributed by atoms with van der Waals surface area (Å²) in [5, 5.41) is 1.21. The first-order chi connectivity index (χ1) is 6.89. The van der Waals surface area contributed by atoms with Crippen LogP contribution in [0.3, 0.4) is 0 Å². The maximum Gasteiger partial charge on any atom is 0.294 e. The molecule has 0 aliphatic heterocycles. The van der Waals surface area contributed by atoms with Gasteiger partial charge in [0.15, 0.2) is 0 Å². The molecule has 1 aromatic carbocycles. The van der Waals surface area contributed by atoms with Crippen molar-refractivity contribution in [1.29, 1.82) is 0 Å². The van der Waals surface area contributed by atoms with Crippen LogP contribution in [0, 0.1) is 0 Å². The maximum absolute atomic E-state index is 10.9. The molecule has 15 heavy (non-hydrogen) atoms. The molecule has 0 spiro atoms. The Kier molecular flexibility index (Phi) is 2.68. The quantitative estimate of drug-likeness (QED) is 0.815. The molecule has 0 aliphatic rings. The summed E-state index contributed by atoms with van der Waals surface area (Å²) >= 11 is 12.9. The van der Waals surface area contributed by atoms with Gasteiger partial charge in [0.2, 0.25) is 0 Å². The molecular formula is C8H4Cl2O3S2. The molecule has 1 aromatic heterocycles. The standard InChI is InChI=1S/C8H4Cl2O3S2/c9-7-5-2-1-4(15(11,12)13)3-6(5)8(10)14-7/h1-3H,(H,11,12,13). The molecule has 0 saturated heterocycles. The monoisotopic (exact) mass is 282 g/mol. The van der Waals surface area contributed by atoms with Crippen molar-refractivity contribution in [2.24, 2.45) is 0 Å². The minimum Gasteiger partial charge on any atom is -0.282 e. The summed E-state index contributed by atoms with van der Waals surface area (Å²) < 4.78 is 31.5. The fourth-order valence-electron chi connectivity index (χ4n) is 1.21. The molecule has 0 bridgehead atoms. The normalized spacial score (nSPS) is 12.2. The number of hydrogen-bond acceptors (Lipinski definition) is 3. The van der Waals surface area contributed by atoms with Crippen molar-refractivity contribution >= 4 is 55.4 Å². The van der Waals surface area contributed by atoms with Crippen LogP contribution in [-0.4, -0.2) is 13.0 Å². The molecule has 0 atom stereocenters. The average Bonchev–Trinajstić information content (AvgIpc) is 2.41. The zero-order chi connectivity index (χ0) is 11.2. The van der Waals surface area contributed by atoms with E-state index in [1.165, 1.54) is 18.2 Å². The SMILES string of the molecule is O=S(=O)(O)c1ccc2c(Cl)sc(Cl)c2c1. The summed E-state index contributed by atoms with van der Waals surface area (Å²) in [5.41, 5.74) is 0. The van der Waals surface area contributed by atoms with Crippen LogP contribution in [0.2, 0.25) is 8.67 Å². The topological polar surface area (TPSA) is 54.4 Å². The van der Waals surface area contributed by atoms with Crippen molar-refractivity contribution in [2.45, 2.75) is 4.90 Å². The Morgan fingerprint density at radius 1 is 1.13 bits per heavy atom. The predicted molar refractivity (Wildman–Crippen MR) is 61.7 cm³/mol. The Morgan fingerprint density at radius 2 is 1.73 bits per heavy atom. The first-order valence-corrected chi connectivity index (χ1v) is 6.76. The Bertz CT molecular complexity index is 631. The van der Waals surface area contributed by atoms with Crippen molar-refractivity contribution < 1.29 is 13.0 Å². The van der Waals surface area contributed by atoms with Crippen molar-refractivity contribution in [2.75, 3.05) is 0 Å². The Morgan fingerprint density at radius 3 is 2.33 bits per heavy atom. The number of benzene rings is 1. The summed E-state index contributed by atoms with van der Waals surface area (Å²) in [6.45, 7) is 0. The summed E-state index contributed by atoms with van der Waals surface area (Å²) in [6, 6.07) is 4.10. The number of fused-ring (bicyclic) bond motifs is 1. The van der Waals surface area contributed by atoms with E-state index in [0.29, 0.717) is 19.4 Å². The van der Waals surface area contributed by atoms with Crippen LogP contribution in [-0.2, 0) is 10.1 Å². The third-order valence-corrected chi connectivity index (χ3v) is 4.41. The Hall–Kier alpha value is -0.330. The van der Waals surface area contributed by atoms with Crippen LogP contribution in [0.25, 0.3) is 10.8 Å². The second-order valence-corrected chi connectivity index (χ2v) is 6.48. The molecule has 0 unspecified atom stereocenters. The number of thiophene rings is 1. The average molecular weight is 283 g/mol. The molecule has 0 radical (unpaired) electrons. The lowest BCUT2D eigenvalue weighted by molar-refractivity contribution is 0.483. The lowest BCUT2D eigenvalue weighted by atomic mass is 10.2. The van der Waals surface area contributed by atoms with Crippen LogP contribution >= 0.6 is 34.5 Å². The van der Waals surface area contributed by atoms with Crippen LogP contribution in [0.5, 0.6) is 0 Å². The predicted octanol–water partition coefficient (Wildman–Crippen LogP) is 3.45. The van der Waals surface area contributed by atoms with Gasteiger partial charge in [0, 0.05) is 10.8 Å². The summed E-state index contributed by atoms with van der Waals surface area (Å²) in [4.78, 5) is -0.189. The fourth-order valence-corrected chi connectivity index (χ4v) is 3.34. The van der Waals surface area contributed by atoms with E-state index in [-0.39, 0.29) is 4.90 Å². The third kappa shape index (κ3) is 1.98. The van der Waals surface area contributed by atoms with Gasteiger partial charge in [-0.05, 0) is 12.1 Å². The van der Waals surface area contributed by atoms with Crippen molar-refractivity contribution in [1.82, 2.24) is 0 Å². The molecular weight excluding hydrogens is 279 g/mol. The van der Waals surface area contributed by atoms with Gasteiger partial charge in [-0.1, -0.05) is 29.3 Å². The van der Waals surface area contributed by atoms with Crippen LogP contribution in [0.15, 0.2) is 23.1 Å². The molecule has 80 valence electrons. The second kappa shape index (κ2) is 3.61. The Balaban J connectivity index is 2.82. The number of rotatable bonds is 1. The van der Waals surface area contributed by atoms with E-state index in [1.54, 1.807) is 0 Å². The van der Waals surface area contributed by atoms with E-state index in [2.05, 4.69) is 0 Å². The van der Waals surface area contributed by atoms with E-state index in [9.17, 15) is 8.42 Å². The first kappa shape index (κ1) is 11.2. The second-order valence-electron chi connectivity index (χ2n) is 2.83. The van der Waals surface area contributed by atoms with Gasteiger partial charge in [0.05, 0.1) is 4.90 Å². The highest BCUT2D eigenvalue weighted by Gasteiger charge is 2.14. The highest BCUT2D eigenvalue weighted by molar-refractivity contribution is 7.85. The molecule has 0 aliphatic carbocycles. The smallest absolute Gasteiger partial charge is 0.282 e. The van der Waals surface area contributed by atoms with Gasteiger partial charge in [0.1, 0.15) is 8.67 Å². The molecule has 2 aromatic rings. The molecule has 0 saturated carbocycles. The minimum atomic E-state index is -4.20. The zero-order valence-electron chi connectivity index (χ0n) is 7.07. The molecule has 0 amide bonds. The van der Waals surface area contributed by atoms with Crippen LogP contribution in [0.1, 0.15) is 0 Å². The lowest BCUT2D eigenvalue weighted by Gasteiger charge is -1.97.